The van der Waals surface area contributed by atoms with Crippen LogP contribution in [0, 0.1) is 0 Å². The van der Waals surface area contributed by atoms with Gasteiger partial charge in [0.15, 0.2) is 0 Å². The Hall–Kier alpha value is -0.830. The molecule has 2 rings (SSSR count). The average Bonchev–Trinajstić information content (AvgIpc) is 2.94. The molecule has 114 valence electrons. The van der Waals surface area contributed by atoms with E-state index in [0.717, 1.165) is 4.34 Å². The highest BCUT2D eigenvalue weighted by Crippen LogP contribution is 2.30. The Bertz CT molecular complexity index is 523. The molecule has 0 bridgehead atoms. The Morgan fingerprint density at radius 2 is 1.86 bits per heavy atom. The smallest absolute Gasteiger partial charge is 0.0931 e. The highest BCUT2D eigenvalue weighted by Gasteiger charge is 2.16. The monoisotopic (exact) mass is 321 g/mol. The fourth-order valence-electron chi connectivity index (χ4n) is 2.57. The molecule has 0 spiro atoms. The van der Waals surface area contributed by atoms with Gasteiger partial charge in [-0.1, -0.05) is 68.1 Å². The number of rotatable bonds is 8. The van der Waals surface area contributed by atoms with Crippen LogP contribution in [0.1, 0.15) is 62.1 Å². The second-order valence-electron chi connectivity index (χ2n) is 5.49. The van der Waals surface area contributed by atoms with E-state index >= 15 is 0 Å². The van der Waals surface area contributed by atoms with Crippen LogP contribution in [0.15, 0.2) is 42.5 Å². The van der Waals surface area contributed by atoms with E-state index in [9.17, 15) is 0 Å². The van der Waals surface area contributed by atoms with Crippen molar-refractivity contribution in [1.29, 1.82) is 0 Å². The normalized spacial score (nSPS) is 14.0. The van der Waals surface area contributed by atoms with E-state index in [1.165, 1.54) is 36.1 Å². The Morgan fingerprint density at radius 3 is 2.48 bits per heavy atom. The predicted octanol–water partition coefficient (Wildman–Crippen LogP) is 6.37. The molecule has 0 aliphatic carbocycles. The van der Waals surface area contributed by atoms with E-state index in [1.54, 1.807) is 11.3 Å². The fourth-order valence-corrected chi connectivity index (χ4v) is 3.65. The Balaban J connectivity index is 2.04. The van der Waals surface area contributed by atoms with Crippen molar-refractivity contribution in [2.75, 3.05) is 0 Å². The number of benzene rings is 1. The van der Waals surface area contributed by atoms with E-state index in [1.807, 2.05) is 6.07 Å². The van der Waals surface area contributed by atoms with E-state index in [2.05, 4.69) is 55.6 Å². The van der Waals surface area contributed by atoms with Gasteiger partial charge in [0.05, 0.1) is 4.34 Å². The molecule has 21 heavy (non-hydrogen) atoms. The maximum atomic E-state index is 6.05. The van der Waals surface area contributed by atoms with Gasteiger partial charge in [0, 0.05) is 17.0 Å². The van der Waals surface area contributed by atoms with Crippen LogP contribution in [0.3, 0.4) is 0 Å². The zero-order valence-corrected chi connectivity index (χ0v) is 14.4. The predicted molar refractivity (Wildman–Crippen MR) is 94.2 cm³/mol. The van der Waals surface area contributed by atoms with Crippen molar-refractivity contribution >= 4 is 22.9 Å². The van der Waals surface area contributed by atoms with Crippen molar-refractivity contribution < 1.29 is 0 Å². The zero-order valence-electron chi connectivity index (χ0n) is 12.8. The first kappa shape index (κ1) is 16.5. The molecule has 0 amide bonds. The third-order valence-electron chi connectivity index (χ3n) is 3.77. The Kier molecular flexibility index (Phi) is 6.75. The summed E-state index contributed by atoms with van der Waals surface area (Å²) in [6.45, 7) is 4.47. The van der Waals surface area contributed by atoms with E-state index in [4.69, 9.17) is 11.6 Å². The van der Waals surface area contributed by atoms with E-state index in [-0.39, 0.29) is 0 Å². The molecule has 0 saturated heterocycles. The molecule has 1 aromatic carbocycles. The van der Waals surface area contributed by atoms with Gasteiger partial charge in [0.2, 0.25) is 0 Å². The van der Waals surface area contributed by atoms with Crippen LogP contribution in [0.5, 0.6) is 0 Å². The summed E-state index contributed by atoms with van der Waals surface area (Å²) >= 11 is 7.72. The molecule has 0 aliphatic rings. The van der Waals surface area contributed by atoms with Crippen molar-refractivity contribution in [2.24, 2.45) is 0 Å². The summed E-state index contributed by atoms with van der Waals surface area (Å²) in [5.74, 6) is 0. The summed E-state index contributed by atoms with van der Waals surface area (Å²) in [5, 5.41) is 3.77. The van der Waals surface area contributed by atoms with E-state index < -0.39 is 0 Å². The summed E-state index contributed by atoms with van der Waals surface area (Å²) < 4.78 is 0.862. The molecule has 2 aromatic rings. The van der Waals surface area contributed by atoms with Crippen LogP contribution in [0.25, 0.3) is 0 Å². The van der Waals surface area contributed by atoms with Gasteiger partial charge >= 0.3 is 0 Å². The molecule has 0 radical (unpaired) electrons. The van der Waals surface area contributed by atoms with Gasteiger partial charge in [-0.05, 0) is 31.0 Å². The lowest BCUT2D eigenvalue weighted by Gasteiger charge is -2.23. The molecule has 1 heterocycles. The number of hydrogen-bond donors (Lipinski definition) is 1. The third kappa shape index (κ3) is 5.14. The molecular weight excluding hydrogens is 298 g/mol. The number of unbranched alkanes of at least 4 members (excludes halogenated alkanes) is 2. The molecule has 1 N–H and O–H groups in total. The minimum Gasteiger partial charge on any atom is -0.303 e. The van der Waals surface area contributed by atoms with E-state index in [0.29, 0.717) is 12.1 Å². The molecule has 1 aromatic heterocycles. The highest BCUT2D eigenvalue weighted by atomic mass is 35.5. The maximum absolute atomic E-state index is 6.05. The lowest BCUT2D eigenvalue weighted by atomic mass is 9.99. The summed E-state index contributed by atoms with van der Waals surface area (Å²) in [6, 6.07) is 15.6. The van der Waals surface area contributed by atoms with Gasteiger partial charge < -0.3 is 5.32 Å². The van der Waals surface area contributed by atoms with Crippen LogP contribution >= 0.6 is 22.9 Å². The summed E-state index contributed by atoms with van der Waals surface area (Å²) in [6.07, 6.45) is 5.00. The summed E-state index contributed by atoms with van der Waals surface area (Å²) in [4.78, 5) is 1.30. The van der Waals surface area contributed by atoms with Crippen molar-refractivity contribution in [3.8, 4) is 0 Å². The molecule has 2 atom stereocenters. The van der Waals surface area contributed by atoms with Crippen molar-refractivity contribution in [3.63, 3.8) is 0 Å². The minimum absolute atomic E-state index is 0.328. The molecule has 2 unspecified atom stereocenters. The standard InChI is InChI=1S/C18H24ClNS/c1-3-4-6-11-16(15-9-7-5-8-10-15)20-14(2)17-12-13-18(19)21-17/h5,7-10,12-14,16,20H,3-4,6,11H2,1-2H3. The molecule has 3 heteroatoms. The number of halogens is 1. The lowest BCUT2D eigenvalue weighted by molar-refractivity contribution is 0.430. The summed E-state index contributed by atoms with van der Waals surface area (Å²) in [5.41, 5.74) is 1.38. The van der Waals surface area contributed by atoms with Crippen LogP contribution < -0.4 is 5.32 Å². The third-order valence-corrected chi connectivity index (χ3v) is 5.18. The highest BCUT2D eigenvalue weighted by molar-refractivity contribution is 7.16. The first-order valence-corrected chi connectivity index (χ1v) is 8.96. The van der Waals surface area contributed by atoms with Gasteiger partial charge in [-0.15, -0.1) is 11.3 Å². The van der Waals surface area contributed by atoms with Crippen molar-refractivity contribution in [3.05, 3.63) is 57.2 Å². The van der Waals surface area contributed by atoms with Crippen LogP contribution in [0.4, 0.5) is 0 Å². The van der Waals surface area contributed by atoms with Gasteiger partial charge in [0.25, 0.3) is 0 Å². The van der Waals surface area contributed by atoms with Gasteiger partial charge in [0.1, 0.15) is 0 Å². The first-order valence-electron chi connectivity index (χ1n) is 7.77. The summed E-state index contributed by atoms with van der Waals surface area (Å²) in [7, 11) is 0. The molecule has 0 aliphatic heterocycles. The maximum Gasteiger partial charge on any atom is 0.0931 e. The molecule has 0 saturated carbocycles. The Morgan fingerprint density at radius 1 is 1.10 bits per heavy atom. The second-order valence-corrected chi connectivity index (χ2v) is 7.24. The molecule has 1 nitrogen and oxygen atoms in total. The topological polar surface area (TPSA) is 12.0 Å². The quantitative estimate of drug-likeness (QED) is 0.557. The van der Waals surface area contributed by atoms with Gasteiger partial charge in [-0.3, -0.25) is 0 Å². The molecular formula is C18H24ClNS. The van der Waals surface area contributed by atoms with Gasteiger partial charge in [-0.25, -0.2) is 0 Å². The SMILES string of the molecule is CCCCCC(NC(C)c1ccc(Cl)s1)c1ccccc1. The minimum atomic E-state index is 0.328. The van der Waals surface area contributed by atoms with Crippen LogP contribution in [-0.4, -0.2) is 0 Å². The zero-order chi connectivity index (χ0) is 15.1. The Labute approximate surface area is 137 Å². The van der Waals surface area contributed by atoms with Crippen LogP contribution in [0.2, 0.25) is 4.34 Å². The van der Waals surface area contributed by atoms with Crippen molar-refractivity contribution in [1.82, 2.24) is 5.32 Å². The number of thiophene rings is 1. The van der Waals surface area contributed by atoms with Crippen molar-refractivity contribution in [2.45, 2.75) is 51.6 Å². The number of hydrogen-bond acceptors (Lipinski definition) is 2. The van der Waals surface area contributed by atoms with Crippen LogP contribution in [-0.2, 0) is 0 Å². The molecule has 0 fully saturated rings. The fraction of sp³-hybridized carbons (Fsp3) is 0.444. The number of nitrogens with one attached hydrogen (secondary N) is 1. The first-order chi connectivity index (χ1) is 10.2. The second kappa shape index (κ2) is 8.57. The van der Waals surface area contributed by atoms with Gasteiger partial charge in [-0.2, -0.15) is 0 Å². The largest absolute Gasteiger partial charge is 0.303 e. The average molecular weight is 322 g/mol. The lowest BCUT2D eigenvalue weighted by Crippen LogP contribution is -2.24.